The quantitative estimate of drug-likeness (QED) is 0.636. The van der Waals surface area contributed by atoms with Crippen molar-refractivity contribution in [1.82, 2.24) is 9.97 Å². The Bertz CT molecular complexity index is 532. The molecule has 0 saturated heterocycles. The summed E-state index contributed by atoms with van der Waals surface area (Å²) in [6.45, 7) is 3.91. The average Bonchev–Trinajstić information content (AvgIpc) is 2.27. The molecule has 0 aliphatic carbocycles. The van der Waals surface area contributed by atoms with Crippen LogP contribution in [0, 0.1) is 13.8 Å². The van der Waals surface area contributed by atoms with Gasteiger partial charge in [0.2, 0.25) is 0 Å². The summed E-state index contributed by atoms with van der Waals surface area (Å²) >= 11 is -3.36. The molecule has 0 aromatic carbocycles. The molecule has 19 heavy (non-hydrogen) atoms. The second-order valence-electron chi connectivity index (χ2n) is 3.90. The van der Waals surface area contributed by atoms with Crippen LogP contribution in [-0.2, 0) is 0 Å². The third kappa shape index (κ3) is 5.34. The van der Waals surface area contributed by atoms with Crippen molar-refractivity contribution < 1.29 is 0 Å². The van der Waals surface area contributed by atoms with E-state index in [1.807, 2.05) is 50.2 Å². The maximum atomic E-state index is 6.53. The Balaban J connectivity index is 2.10. The number of halogens is 2. The predicted molar refractivity (Wildman–Crippen MR) is 87.1 cm³/mol. The fourth-order valence-corrected chi connectivity index (χ4v) is 19.7. The molecule has 100 valence electrons. The molecule has 0 fully saturated rings. The molecule has 2 aromatic heterocycles. The van der Waals surface area contributed by atoms with Gasteiger partial charge in [-0.3, -0.25) is 0 Å². The predicted octanol–water partition coefficient (Wildman–Crippen LogP) is 4.89. The minimum atomic E-state index is -3.36. The Morgan fingerprint density at radius 1 is 0.842 bits per heavy atom. The van der Waals surface area contributed by atoms with E-state index in [0.717, 1.165) is 21.4 Å². The molecular formula is C12H12Cl2N2S2Sn. The minimum absolute atomic E-state index is 0.890. The Labute approximate surface area is 129 Å². The van der Waals surface area contributed by atoms with Gasteiger partial charge in [0.25, 0.3) is 0 Å². The van der Waals surface area contributed by atoms with E-state index in [4.69, 9.17) is 17.8 Å². The third-order valence-corrected chi connectivity index (χ3v) is 20.7. The molecule has 0 spiro atoms. The molecule has 0 aliphatic rings. The van der Waals surface area contributed by atoms with Crippen molar-refractivity contribution in [2.45, 2.75) is 23.9 Å². The van der Waals surface area contributed by atoms with E-state index in [-0.39, 0.29) is 0 Å². The first kappa shape index (κ1) is 15.8. The molecule has 0 saturated carbocycles. The Morgan fingerprint density at radius 2 is 1.26 bits per heavy atom. The Hall–Kier alpha value is 0.379. The van der Waals surface area contributed by atoms with E-state index in [1.54, 1.807) is 0 Å². The normalized spacial score (nSPS) is 11.6. The standard InChI is InChI=1S/2C6H7NS.2ClH.Sn/c2*1-5-3-2-4-6(8)7-5;;;/h2*2-4H,1H3,(H,7,8);2*1H;/q;;;;+4/p-4. The summed E-state index contributed by atoms with van der Waals surface area (Å²) < 4.78 is 0. The molecule has 2 rings (SSSR count). The second-order valence-corrected chi connectivity index (χ2v) is 36.2. The second kappa shape index (κ2) is 6.89. The monoisotopic (exact) mass is 438 g/mol. The van der Waals surface area contributed by atoms with Crippen LogP contribution in [0.3, 0.4) is 0 Å². The van der Waals surface area contributed by atoms with Gasteiger partial charge < -0.3 is 0 Å². The van der Waals surface area contributed by atoms with Gasteiger partial charge in [-0.2, -0.15) is 0 Å². The van der Waals surface area contributed by atoms with Gasteiger partial charge in [-0.25, -0.2) is 0 Å². The van der Waals surface area contributed by atoms with Gasteiger partial charge in [0.1, 0.15) is 0 Å². The zero-order valence-corrected chi connectivity index (χ0v) is 16.4. The van der Waals surface area contributed by atoms with E-state index < -0.39 is 13.4 Å². The number of pyridine rings is 2. The SMILES string of the molecule is Cc1cccc([S][Sn]([Cl])([Cl])[S]c2cccc(C)n2)n1. The maximum absolute atomic E-state index is 6.53. The zero-order chi connectivity index (χ0) is 13.9. The van der Waals surface area contributed by atoms with Crippen LogP contribution in [0.1, 0.15) is 11.4 Å². The van der Waals surface area contributed by atoms with E-state index in [2.05, 4.69) is 9.97 Å². The van der Waals surface area contributed by atoms with Crippen molar-refractivity contribution in [2.24, 2.45) is 0 Å². The van der Waals surface area contributed by atoms with E-state index >= 15 is 0 Å². The van der Waals surface area contributed by atoms with Gasteiger partial charge in [-0.15, -0.1) is 0 Å². The zero-order valence-electron chi connectivity index (χ0n) is 10.4. The molecule has 0 amide bonds. The van der Waals surface area contributed by atoms with Gasteiger partial charge in [0.15, 0.2) is 0 Å². The Morgan fingerprint density at radius 3 is 1.63 bits per heavy atom. The van der Waals surface area contributed by atoms with Crippen molar-refractivity contribution in [2.75, 3.05) is 0 Å². The summed E-state index contributed by atoms with van der Waals surface area (Å²) in [6, 6.07) is 11.7. The molecule has 0 aliphatic heterocycles. The van der Waals surface area contributed by atoms with Crippen LogP contribution in [0.2, 0.25) is 0 Å². The van der Waals surface area contributed by atoms with E-state index in [9.17, 15) is 0 Å². The van der Waals surface area contributed by atoms with Crippen LogP contribution in [0.15, 0.2) is 46.5 Å². The number of aromatic nitrogens is 2. The van der Waals surface area contributed by atoms with Crippen LogP contribution in [0.25, 0.3) is 0 Å². The summed E-state index contributed by atoms with van der Waals surface area (Å²) in [6.07, 6.45) is 0. The van der Waals surface area contributed by atoms with E-state index in [1.165, 1.54) is 17.9 Å². The molecule has 2 nitrogen and oxygen atoms in total. The van der Waals surface area contributed by atoms with Crippen molar-refractivity contribution in [3.05, 3.63) is 47.8 Å². The summed E-state index contributed by atoms with van der Waals surface area (Å²) in [5.41, 5.74) is 1.94. The third-order valence-electron chi connectivity index (χ3n) is 2.17. The van der Waals surface area contributed by atoms with Gasteiger partial charge >= 0.3 is 131 Å². The van der Waals surface area contributed by atoms with Crippen molar-refractivity contribution in [1.29, 1.82) is 0 Å². The molecule has 0 atom stereocenters. The van der Waals surface area contributed by atoms with Gasteiger partial charge in [0, 0.05) is 0 Å². The molecule has 2 heterocycles. The van der Waals surface area contributed by atoms with Crippen LogP contribution in [0.4, 0.5) is 0 Å². The average molecular weight is 438 g/mol. The van der Waals surface area contributed by atoms with Crippen molar-refractivity contribution >= 4 is 49.1 Å². The van der Waals surface area contributed by atoms with Crippen LogP contribution < -0.4 is 0 Å². The first-order chi connectivity index (χ1) is 8.94. The Kier molecular flexibility index (Phi) is 5.72. The van der Waals surface area contributed by atoms with E-state index in [0.29, 0.717) is 0 Å². The van der Waals surface area contributed by atoms with Gasteiger partial charge in [-0.05, 0) is 0 Å². The number of aryl methyl sites for hydroxylation is 2. The fraction of sp³-hybridized carbons (Fsp3) is 0.167. The van der Waals surface area contributed by atoms with Gasteiger partial charge in [0.05, 0.1) is 0 Å². The molecule has 0 bridgehead atoms. The molecular weight excluding hydrogens is 426 g/mol. The van der Waals surface area contributed by atoms with Crippen LogP contribution >= 0.6 is 35.7 Å². The molecule has 0 unspecified atom stereocenters. The molecule has 7 heteroatoms. The topological polar surface area (TPSA) is 25.8 Å². The molecule has 2 aromatic rings. The summed E-state index contributed by atoms with van der Waals surface area (Å²) in [5, 5.41) is 1.78. The van der Waals surface area contributed by atoms with Crippen LogP contribution in [-0.4, -0.2) is 23.3 Å². The number of rotatable bonds is 4. The summed E-state index contributed by atoms with van der Waals surface area (Å²) in [7, 11) is 16.1. The van der Waals surface area contributed by atoms with Crippen molar-refractivity contribution in [3.8, 4) is 0 Å². The first-order valence-electron chi connectivity index (χ1n) is 5.58. The number of hydrogen-bond acceptors (Lipinski definition) is 4. The van der Waals surface area contributed by atoms with Crippen molar-refractivity contribution in [3.63, 3.8) is 0 Å². The fourth-order valence-electron chi connectivity index (χ4n) is 1.41. The van der Waals surface area contributed by atoms with Gasteiger partial charge in [-0.1, -0.05) is 0 Å². The number of hydrogen-bond donors (Lipinski definition) is 0. The molecule has 0 N–H and O–H groups in total. The first-order valence-corrected chi connectivity index (χ1v) is 21.4. The van der Waals surface area contributed by atoms with Crippen LogP contribution in [0.5, 0.6) is 0 Å². The summed E-state index contributed by atoms with van der Waals surface area (Å²) in [5.74, 6) is 0. The molecule has 0 radical (unpaired) electrons. The number of nitrogens with zero attached hydrogens (tertiary/aromatic N) is 2. The summed E-state index contributed by atoms with van der Waals surface area (Å²) in [4.78, 5) is 8.86.